The number of hydrogen-bond donors (Lipinski definition) is 4. The second-order valence-electron chi connectivity index (χ2n) is 7.39. The van der Waals surface area contributed by atoms with Crippen molar-refractivity contribution in [1.82, 2.24) is 9.80 Å². The Kier molecular flexibility index (Phi) is 6.30. The fourth-order valence-corrected chi connectivity index (χ4v) is 4.19. The standard InChI is InChI=1S/C19H30N6O2/c20-12-15-11-14(19(21)22)1-2-17(15)25-9-7-24(8-10-25)16-3-5-23(6-4-16)13-18(26)27/h1-2,11,16H,3-10,12-13,20H2,(H3,21,22)(H,26,27). The second-order valence-corrected chi connectivity index (χ2v) is 7.39. The van der Waals surface area contributed by atoms with Gasteiger partial charge >= 0.3 is 5.97 Å². The number of aliphatic carboxylic acids is 1. The van der Waals surface area contributed by atoms with E-state index in [1.807, 2.05) is 23.1 Å². The molecule has 2 aliphatic heterocycles. The van der Waals surface area contributed by atoms with Gasteiger partial charge in [0.2, 0.25) is 0 Å². The van der Waals surface area contributed by atoms with Crippen LogP contribution in [0.2, 0.25) is 0 Å². The summed E-state index contributed by atoms with van der Waals surface area (Å²) in [7, 11) is 0. The molecule has 0 unspecified atom stereocenters. The quantitative estimate of drug-likeness (QED) is 0.411. The van der Waals surface area contributed by atoms with Crippen molar-refractivity contribution in [1.29, 1.82) is 5.41 Å². The number of nitrogens with zero attached hydrogens (tertiary/aromatic N) is 3. The van der Waals surface area contributed by atoms with E-state index in [0.29, 0.717) is 18.2 Å². The van der Waals surface area contributed by atoms with Gasteiger partial charge in [0.1, 0.15) is 5.84 Å². The Hall–Kier alpha value is -2.16. The summed E-state index contributed by atoms with van der Waals surface area (Å²) in [6.45, 7) is 6.20. The van der Waals surface area contributed by atoms with Gasteiger partial charge in [-0.25, -0.2) is 0 Å². The Balaban J connectivity index is 1.55. The normalized spacial score (nSPS) is 20.0. The summed E-state index contributed by atoms with van der Waals surface area (Å²) in [4.78, 5) is 17.8. The molecule has 2 heterocycles. The van der Waals surface area contributed by atoms with Crippen LogP contribution in [0.4, 0.5) is 5.69 Å². The summed E-state index contributed by atoms with van der Waals surface area (Å²) >= 11 is 0. The fourth-order valence-electron chi connectivity index (χ4n) is 4.19. The zero-order valence-electron chi connectivity index (χ0n) is 15.7. The molecule has 2 saturated heterocycles. The third-order valence-electron chi connectivity index (χ3n) is 5.70. The summed E-state index contributed by atoms with van der Waals surface area (Å²) in [5, 5.41) is 16.5. The van der Waals surface area contributed by atoms with Crippen molar-refractivity contribution in [3.63, 3.8) is 0 Å². The van der Waals surface area contributed by atoms with Crippen LogP contribution in [0.15, 0.2) is 18.2 Å². The maximum absolute atomic E-state index is 10.8. The van der Waals surface area contributed by atoms with Crippen molar-refractivity contribution in [3.05, 3.63) is 29.3 Å². The molecule has 0 spiro atoms. The highest BCUT2D eigenvalue weighted by atomic mass is 16.4. The van der Waals surface area contributed by atoms with Crippen LogP contribution in [0.25, 0.3) is 0 Å². The lowest BCUT2D eigenvalue weighted by molar-refractivity contribution is -0.138. The number of carboxylic acids is 1. The SMILES string of the molecule is N=C(N)c1ccc(N2CCN(C3CCN(CC(=O)O)CC3)CC2)c(CN)c1. The molecule has 1 aromatic carbocycles. The number of rotatable bonds is 6. The number of hydrogen-bond acceptors (Lipinski definition) is 6. The van der Waals surface area contributed by atoms with Gasteiger partial charge < -0.3 is 21.5 Å². The van der Waals surface area contributed by atoms with Crippen molar-refractivity contribution in [2.75, 3.05) is 50.7 Å². The van der Waals surface area contributed by atoms with Gasteiger partial charge in [0.15, 0.2) is 0 Å². The molecule has 3 rings (SSSR count). The van der Waals surface area contributed by atoms with Crippen molar-refractivity contribution >= 4 is 17.5 Å². The summed E-state index contributed by atoms with van der Waals surface area (Å²) < 4.78 is 0. The van der Waals surface area contributed by atoms with E-state index in [4.69, 9.17) is 22.0 Å². The first kappa shape index (κ1) is 19.6. The van der Waals surface area contributed by atoms with Crippen molar-refractivity contribution in [2.45, 2.75) is 25.4 Å². The Morgan fingerprint density at radius 3 is 2.37 bits per heavy atom. The van der Waals surface area contributed by atoms with Gasteiger partial charge in [0.25, 0.3) is 0 Å². The van der Waals surface area contributed by atoms with E-state index >= 15 is 0 Å². The lowest BCUT2D eigenvalue weighted by Crippen LogP contribution is -2.53. The molecule has 0 aliphatic carbocycles. The molecule has 0 amide bonds. The van der Waals surface area contributed by atoms with E-state index in [0.717, 1.165) is 63.4 Å². The zero-order chi connectivity index (χ0) is 19.4. The van der Waals surface area contributed by atoms with Crippen molar-refractivity contribution in [3.8, 4) is 0 Å². The van der Waals surface area contributed by atoms with Gasteiger partial charge in [-0.1, -0.05) is 0 Å². The topological polar surface area (TPSA) is 123 Å². The highest BCUT2D eigenvalue weighted by molar-refractivity contribution is 5.95. The molecular formula is C19H30N6O2. The first-order valence-corrected chi connectivity index (χ1v) is 9.58. The van der Waals surface area contributed by atoms with Crippen LogP contribution < -0.4 is 16.4 Å². The maximum Gasteiger partial charge on any atom is 0.317 e. The number of carbonyl (C=O) groups is 1. The largest absolute Gasteiger partial charge is 0.480 e. The minimum atomic E-state index is -0.742. The molecule has 148 valence electrons. The summed E-state index contributed by atoms with van der Waals surface area (Å²) in [6.07, 6.45) is 2.07. The van der Waals surface area contributed by atoms with Gasteiger partial charge in [-0.15, -0.1) is 0 Å². The minimum Gasteiger partial charge on any atom is -0.480 e. The summed E-state index contributed by atoms with van der Waals surface area (Å²) in [5.41, 5.74) is 14.4. The number of nitrogens with one attached hydrogen (secondary N) is 1. The van der Waals surface area contributed by atoms with Crippen LogP contribution >= 0.6 is 0 Å². The smallest absolute Gasteiger partial charge is 0.317 e. The van der Waals surface area contributed by atoms with Crippen LogP contribution in [0.5, 0.6) is 0 Å². The zero-order valence-corrected chi connectivity index (χ0v) is 15.7. The molecule has 2 fully saturated rings. The molecule has 0 radical (unpaired) electrons. The van der Waals surface area contributed by atoms with E-state index < -0.39 is 5.97 Å². The number of amidine groups is 1. The number of nitrogen functional groups attached to an aromatic ring is 1. The van der Waals surface area contributed by atoms with E-state index in [-0.39, 0.29) is 12.4 Å². The van der Waals surface area contributed by atoms with E-state index in [1.165, 1.54) is 0 Å². The van der Waals surface area contributed by atoms with Crippen LogP contribution in [0.1, 0.15) is 24.0 Å². The molecule has 0 aromatic heterocycles. The van der Waals surface area contributed by atoms with Crippen molar-refractivity contribution < 1.29 is 9.90 Å². The van der Waals surface area contributed by atoms with Gasteiger partial charge in [-0.05, 0) is 36.6 Å². The average molecular weight is 374 g/mol. The van der Waals surface area contributed by atoms with E-state index in [9.17, 15) is 4.79 Å². The molecule has 0 atom stereocenters. The second kappa shape index (κ2) is 8.69. The molecule has 6 N–H and O–H groups in total. The number of piperidine rings is 1. The van der Waals surface area contributed by atoms with Gasteiger partial charge in [0, 0.05) is 63.1 Å². The Morgan fingerprint density at radius 1 is 1.15 bits per heavy atom. The lowest BCUT2D eigenvalue weighted by atomic mass is 10.0. The van der Waals surface area contributed by atoms with Crippen LogP contribution in [-0.4, -0.2) is 78.6 Å². The van der Waals surface area contributed by atoms with Gasteiger partial charge in [-0.2, -0.15) is 0 Å². The third kappa shape index (κ3) is 4.77. The molecule has 1 aromatic rings. The molecule has 0 saturated carbocycles. The summed E-state index contributed by atoms with van der Waals surface area (Å²) in [5.74, 6) is -0.677. The predicted octanol–water partition coefficient (Wildman–Crippen LogP) is 0.100. The average Bonchev–Trinajstić information content (AvgIpc) is 2.67. The first-order valence-electron chi connectivity index (χ1n) is 9.58. The highest BCUT2D eigenvalue weighted by Gasteiger charge is 2.28. The molecule has 8 nitrogen and oxygen atoms in total. The Morgan fingerprint density at radius 2 is 1.81 bits per heavy atom. The maximum atomic E-state index is 10.8. The highest BCUT2D eigenvalue weighted by Crippen LogP contribution is 2.25. The van der Waals surface area contributed by atoms with E-state index in [1.54, 1.807) is 0 Å². The molecular weight excluding hydrogens is 344 g/mol. The van der Waals surface area contributed by atoms with E-state index in [2.05, 4.69) is 9.80 Å². The number of piperazine rings is 1. The summed E-state index contributed by atoms with van der Waals surface area (Å²) in [6, 6.07) is 6.38. The van der Waals surface area contributed by atoms with Gasteiger partial charge in [0.05, 0.1) is 6.54 Å². The number of nitrogens with two attached hydrogens (primary N) is 2. The van der Waals surface area contributed by atoms with Crippen LogP contribution in [-0.2, 0) is 11.3 Å². The number of benzene rings is 1. The number of likely N-dealkylation sites (tertiary alicyclic amines) is 1. The monoisotopic (exact) mass is 374 g/mol. The third-order valence-corrected chi connectivity index (χ3v) is 5.70. The van der Waals surface area contributed by atoms with Gasteiger partial charge in [-0.3, -0.25) is 20.0 Å². The van der Waals surface area contributed by atoms with Crippen LogP contribution in [0.3, 0.4) is 0 Å². The molecule has 27 heavy (non-hydrogen) atoms. The molecule has 2 aliphatic rings. The predicted molar refractivity (Wildman–Crippen MR) is 106 cm³/mol. The Bertz CT molecular complexity index is 679. The Labute approximate surface area is 160 Å². The van der Waals surface area contributed by atoms with Crippen LogP contribution in [0, 0.1) is 5.41 Å². The fraction of sp³-hybridized carbons (Fsp3) is 0.579. The number of carboxylic acid groups (broad SMARTS) is 1. The molecule has 8 heteroatoms. The number of anilines is 1. The lowest BCUT2D eigenvalue weighted by Gasteiger charge is -2.43. The minimum absolute atomic E-state index is 0.0651. The first-order chi connectivity index (χ1) is 13.0. The molecule has 0 bridgehead atoms. The van der Waals surface area contributed by atoms with Crippen molar-refractivity contribution in [2.24, 2.45) is 11.5 Å².